The molecule has 0 spiro atoms. The molecule has 144 valence electrons. The fourth-order valence-corrected chi connectivity index (χ4v) is 4.64. The second-order valence-corrected chi connectivity index (χ2v) is 8.53. The molecule has 2 aliphatic rings. The molecule has 0 bridgehead atoms. The quantitative estimate of drug-likeness (QED) is 0.771. The average Bonchev–Trinajstić information content (AvgIpc) is 2.89. The van der Waals surface area contributed by atoms with Crippen molar-refractivity contribution in [1.82, 2.24) is 15.3 Å². The third-order valence-electron chi connectivity index (χ3n) is 5.79. The highest BCUT2D eigenvalue weighted by Gasteiger charge is 2.29. The van der Waals surface area contributed by atoms with Gasteiger partial charge in [-0.1, -0.05) is 29.3 Å². The van der Waals surface area contributed by atoms with Crippen molar-refractivity contribution in [3.05, 3.63) is 39.5 Å². The minimum Gasteiger partial charge on any atom is -0.335 e. The predicted molar refractivity (Wildman–Crippen MR) is 113 cm³/mol. The van der Waals surface area contributed by atoms with Gasteiger partial charge in [0, 0.05) is 36.2 Å². The molecular weight excluding hydrogens is 379 g/mol. The fourth-order valence-electron chi connectivity index (χ4n) is 4.35. The molecule has 2 atom stereocenters. The lowest BCUT2D eigenvalue weighted by Gasteiger charge is -2.39. The maximum absolute atomic E-state index is 6.32. The number of aromatic nitrogens is 2. The first-order valence-corrected chi connectivity index (χ1v) is 10.6. The van der Waals surface area contributed by atoms with E-state index >= 15 is 0 Å². The van der Waals surface area contributed by atoms with Crippen LogP contribution in [0.2, 0.25) is 10.0 Å². The summed E-state index contributed by atoms with van der Waals surface area (Å²) in [4.78, 5) is 12.5. The van der Waals surface area contributed by atoms with Gasteiger partial charge in [-0.05, 0) is 58.2 Å². The standard InChI is InChI=1S/C21H26Cl2N4/c1-13-4-3-5-14(2)27(13)21-25-19-9-11-24-10-8-16(19)20(26-21)15-6-7-17(22)18(23)12-15/h6-7,12-14,24H,3-5,8-11H2,1-2H3. The van der Waals surface area contributed by atoms with Crippen molar-refractivity contribution in [2.45, 2.75) is 58.0 Å². The molecule has 1 aromatic carbocycles. The summed E-state index contributed by atoms with van der Waals surface area (Å²) >= 11 is 12.5. The topological polar surface area (TPSA) is 41.1 Å². The van der Waals surface area contributed by atoms with Gasteiger partial charge in [-0.2, -0.15) is 0 Å². The largest absolute Gasteiger partial charge is 0.335 e. The Labute approximate surface area is 171 Å². The summed E-state index contributed by atoms with van der Waals surface area (Å²) in [6.45, 7) is 6.46. The Morgan fingerprint density at radius 1 is 1.00 bits per heavy atom. The third-order valence-corrected chi connectivity index (χ3v) is 6.53. The van der Waals surface area contributed by atoms with E-state index in [0.717, 1.165) is 48.8 Å². The van der Waals surface area contributed by atoms with Gasteiger partial charge in [0.2, 0.25) is 5.95 Å². The number of nitrogens with one attached hydrogen (secondary N) is 1. The van der Waals surface area contributed by atoms with Crippen LogP contribution in [0.25, 0.3) is 11.3 Å². The van der Waals surface area contributed by atoms with E-state index in [2.05, 4.69) is 24.1 Å². The monoisotopic (exact) mass is 404 g/mol. The minimum absolute atomic E-state index is 0.456. The van der Waals surface area contributed by atoms with Crippen molar-refractivity contribution in [3.8, 4) is 11.3 Å². The maximum atomic E-state index is 6.32. The van der Waals surface area contributed by atoms with Gasteiger partial charge in [-0.3, -0.25) is 0 Å². The van der Waals surface area contributed by atoms with Gasteiger partial charge in [0.05, 0.1) is 21.4 Å². The lowest BCUT2D eigenvalue weighted by Crippen LogP contribution is -2.45. The molecule has 1 fully saturated rings. The van der Waals surface area contributed by atoms with E-state index in [9.17, 15) is 0 Å². The zero-order valence-corrected chi connectivity index (χ0v) is 17.4. The number of hydrogen-bond donors (Lipinski definition) is 1. The number of anilines is 1. The first-order chi connectivity index (χ1) is 13.0. The molecule has 4 rings (SSSR count). The molecule has 0 radical (unpaired) electrons. The third kappa shape index (κ3) is 3.80. The van der Waals surface area contributed by atoms with Crippen molar-refractivity contribution < 1.29 is 0 Å². The van der Waals surface area contributed by atoms with Crippen molar-refractivity contribution in [2.75, 3.05) is 18.0 Å². The van der Waals surface area contributed by atoms with E-state index in [-0.39, 0.29) is 0 Å². The molecular formula is C21H26Cl2N4. The zero-order valence-electron chi connectivity index (χ0n) is 15.9. The van der Waals surface area contributed by atoms with Gasteiger partial charge in [0.1, 0.15) is 0 Å². The van der Waals surface area contributed by atoms with E-state index < -0.39 is 0 Å². The normalized spacial score (nSPS) is 23.0. The van der Waals surface area contributed by atoms with Crippen LogP contribution in [0.5, 0.6) is 0 Å². The molecule has 27 heavy (non-hydrogen) atoms. The molecule has 0 saturated carbocycles. The maximum Gasteiger partial charge on any atom is 0.226 e. The molecule has 3 heterocycles. The Morgan fingerprint density at radius 3 is 2.48 bits per heavy atom. The van der Waals surface area contributed by atoms with Crippen molar-refractivity contribution in [2.24, 2.45) is 0 Å². The molecule has 2 unspecified atom stereocenters. The minimum atomic E-state index is 0.456. The lowest BCUT2D eigenvalue weighted by atomic mass is 9.97. The van der Waals surface area contributed by atoms with Crippen LogP contribution in [-0.4, -0.2) is 35.1 Å². The van der Waals surface area contributed by atoms with Gasteiger partial charge in [0.15, 0.2) is 0 Å². The number of rotatable bonds is 2. The molecule has 6 heteroatoms. The molecule has 4 nitrogen and oxygen atoms in total. The molecule has 0 aliphatic carbocycles. The van der Waals surface area contributed by atoms with Crippen LogP contribution >= 0.6 is 23.2 Å². The van der Waals surface area contributed by atoms with Crippen molar-refractivity contribution >= 4 is 29.2 Å². The van der Waals surface area contributed by atoms with E-state index in [1.165, 1.54) is 24.8 Å². The highest BCUT2D eigenvalue weighted by Crippen LogP contribution is 2.34. The Bertz CT molecular complexity index is 829. The number of halogens is 2. The summed E-state index contributed by atoms with van der Waals surface area (Å²) in [6.07, 6.45) is 5.50. The van der Waals surface area contributed by atoms with Gasteiger partial charge in [-0.25, -0.2) is 9.97 Å². The Balaban J connectivity index is 1.86. The van der Waals surface area contributed by atoms with Crippen LogP contribution in [0.4, 0.5) is 5.95 Å². The highest BCUT2D eigenvalue weighted by atomic mass is 35.5. The second-order valence-electron chi connectivity index (χ2n) is 7.71. The van der Waals surface area contributed by atoms with E-state index in [1.54, 1.807) is 0 Å². The SMILES string of the molecule is CC1CCCC(C)N1c1nc2c(c(-c3ccc(Cl)c(Cl)c3)n1)CCNCC2. The number of hydrogen-bond acceptors (Lipinski definition) is 4. The van der Waals surface area contributed by atoms with E-state index in [0.29, 0.717) is 22.1 Å². The van der Waals surface area contributed by atoms with Crippen LogP contribution in [0.3, 0.4) is 0 Å². The Kier molecular flexibility index (Phi) is 5.58. The average molecular weight is 405 g/mol. The van der Waals surface area contributed by atoms with Gasteiger partial charge in [-0.15, -0.1) is 0 Å². The van der Waals surface area contributed by atoms with Gasteiger partial charge < -0.3 is 10.2 Å². The van der Waals surface area contributed by atoms with Crippen LogP contribution in [0, 0.1) is 0 Å². The van der Waals surface area contributed by atoms with Crippen LogP contribution in [-0.2, 0) is 12.8 Å². The van der Waals surface area contributed by atoms with Crippen molar-refractivity contribution in [3.63, 3.8) is 0 Å². The molecule has 2 aromatic rings. The summed E-state index contributed by atoms with van der Waals surface area (Å²) in [5.41, 5.74) is 4.42. The molecule has 1 aromatic heterocycles. The first-order valence-electron chi connectivity index (χ1n) is 9.89. The molecule has 2 aliphatic heterocycles. The lowest BCUT2D eigenvalue weighted by molar-refractivity contribution is 0.407. The smallest absolute Gasteiger partial charge is 0.226 e. The first kappa shape index (κ1) is 19.0. The van der Waals surface area contributed by atoms with E-state index in [4.69, 9.17) is 33.2 Å². The fraction of sp³-hybridized carbons (Fsp3) is 0.524. The number of nitrogens with zero attached hydrogens (tertiary/aromatic N) is 3. The second kappa shape index (κ2) is 7.94. The summed E-state index contributed by atoms with van der Waals surface area (Å²) in [6, 6.07) is 6.71. The number of piperidine rings is 1. The molecule has 0 amide bonds. The van der Waals surface area contributed by atoms with Crippen LogP contribution in [0.1, 0.15) is 44.4 Å². The number of fused-ring (bicyclic) bond motifs is 1. The van der Waals surface area contributed by atoms with Gasteiger partial charge >= 0.3 is 0 Å². The van der Waals surface area contributed by atoms with Gasteiger partial charge in [0.25, 0.3) is 0 Å². The van der Waals surface area contributed by atoms with Crippen molar-refractivity contribution in [1.29, 1.82) is 0 Å². The Hall–Kier alpha value is -1.36. The summed E-state index contributed by atoms with van der Waals surface area (Å²) < 4.78 is 0. The molecule has 1 saturated heterocycles. The summed E-state index contributed by atoms with van der Waals surface area (Å²) in [5.74, 6) is 0.858. The number of benzene rings is 1. The summed E-state index contributed by atoms with van der Waals surface area (Å²) in [7, 11) is 0. The molecule has 1 N–H and O–H groups in total. The summed E-state index contributed by atoms with van der Waals surface area (Å²) in [5, 5.41) is 4.62. The zero-order chi connectivity index (χ0) is 19.0. The highest BCUT2D eigenvalue weighted by molar-refractivity contribution is 6.42. The predicted octanol–water partition coefficient (Wildman–Crippen LogP) is 4.91. The van der Waals surface area contributed by atoms with E-state index in [1.807, 2.05) is 18.2 Å². The Morgan fingerprint density at radius 2 is 1.74 bits per heavy atom. The van der Waals surface area contributed by atoms with Crippen LogP contribution in [0.15, 0.2) is 18.2 Å². The van der Waals surface area contributed by atoms with Crippen LogP contribution < -0.4 is 10.2 Å².